The highest BCUT2D eigenvalue weighted by atomic mass is 16.7. The predicted molar refractivity (Wildman–Crippen MR) is 89.3 cm³/mol. The van der Waals surface area contributed by atoms with Crippen molar-refractivity contribution < 1.29 is 14.3 Å². The van der Waals surface area contributed by atoms with Gasteiger partial charge in [-0.05, 0) is 23.8 Å². The van der Waals surface area contributed by atoms with Crippen molar-refractivity contribution in [2.75, 3.05) is 6.79 Å². The van der Waals surface area contributed by atoms with Crippen molar-refractivity contribution in [3.63, 3.8) is 0 Å². The number of amides is 1. The number of benzene rings is 2. The quantitative estimate of drug-likeness (QED) is 0.771. The number of rotatable bonds is 5. The first kappa shape index (κ1) is 15.2. The van der Waals surface area contributed by atoms with E-state index in [0.29, 0.717) is 35.8 Å². The van der Waals surface area contributed by atoms with Crippen molar-refractivity contribution in [3.05, 3.63) is 71.5 Å². The molecule has 0 saturated carbocycles. The van der Waals surface area contributed by atoms with Gasteiger partial charge >= 0.3 is 0 Å². The number of carbonyl (C=O) groups excluding carboxylic acids is 1. The molecular weight excluding hydrogens is 320 g/mol. The van der Waals surface area contributed by atoms with Gasteiger partial charge in [0.15, 0.2) is 11.5 Å². The zero-order valence-corrected chi connectivity index (χ0v) is 13.4. The molecule has 0 unspecified atom stereocenters. The monoisotopic (exact) mass is 336 g/mol. The molecule has 0 radical (unpaired) electrons. The first-order valence-corrected chi connectivity index (χ1v) is 7.89. The van der Waals surface area contributed by atoms with Crippen LogP contribution in [0.3, 0.4) is 0 Å². The van der Waals surface area contributed by atoms with Gasteiger partial charge in [0, 0.05) is 5.56 Å². The highest BCUT2D eigenvalue weighted by Crippen LogP contribution is 2.32. The van der Waals surface area contributed by atoms with Crippen LogP contribution >= 0.6 is 0 Å². The summed E-state index contributed by atoms with van der Waals surface area (Å²) >= 11 is 0. The third-order valence-corrected chi connectivity index (χ3v) is 3.84. The molecule has 1 aromatic heterocycles. The minimum absolute atomic E-state index is 0.185. The standard InChI is InChI=1S/C18H16N4O3/c23-18(14-6-7-16-17(8-14)25-12-24-16)19-9-15-11-22(21-20-15)10-13-4-2-1-3-5-13/h1-8,11H,9-10,12H2,(H,19,23). The molecule has 0 bridgehead atoms. The van der Waals surface area contributed by atoms with Crippen molar-refractivity contribution >= 4 is 5.91 Å². The summed E-state index contributed by atoms with van der Waals surface area (Å²) in [5.74, 6) is 1.04. The first-order chi connectivity index (χ1) is 12.3. The summed E-state index contributed by atoms with van der Waals surface area (Å²) < 4.78 is 12.3. The molecule has 0 saturated heterocycles. The highest BCUT2D eigenvalue weighted by molar-refractivity contribution is 5.94. The third kappa shape index (κ3) is 3.45. The van der Waals surface area contributed by atoms with Crippen LogP contribution in [0, 0.1) is 0 Å². The topological polar surface area (TPSA) is 78.3 Å². The third-order valence-electron chi connectivity index (χ3n) is 3.84. The smallest absolute Gasteiger partial charge is 0.251 e. The molecule has 1 aliphatic rings. The summed E-state index contributed by atoms with van der Waals surface area (Å²) in [5.41, 5.74) is 2.36. The summed E-state index contributed by atoms with van der Waals surface area (Å²) in [4.78, 5) is 12.3. The van der Waals surface area contributed by atoms with Gasteiger partial charge in [0.2, 0.25) is 6.79 Å². The Bertz CT molecular complexity index is 892. The van der Waals surface area contributed by atoms with Gasteiger partial charge in [-0.3, -0.25) is 4.79 Å². The van der Waals surface area contributed by atoms with Crippen LogP contribution in [-0.4, -0.2) is 27.7 Å². The van der Waals surface area contributed by atoms with Gasteiger partial charge in [-0.1, -0.05) is 35.5 Å². The number of nitrogens with zero attached hydrogens (tertiary/aromatic N) is 3. The van der Waals surface area contributed by atoms with Crippen molar-refractivity contribution in [1.82, 2.24) is 20.3 Å². The Kier molecular flexibility index (Phi) is 4.04. The minimum Gasteiger partial charge on any atom is -0.454 e. The van der Waals surface area contributed by atoms with Crippen LogP contribution in [0.4, 0.5) is 0 Å². The molecule has 2 aromatic carbocycles. The number of nitrogens with one attached hydrogen (secondary N) is 1. The van der Waals surface area contributed by atoms with Gasteiger partial charge in [0.1, 0.15) is 5.69 Å². The number of carbonyl (C=O) groups is 1. The van der Waals surface area contributed by atoms with Gasteiger partial charge in [-0.25, -0.2) is 4.68 Å². The van der Waals surface area contributed by atoms with E-state index < -0.39 is 0 Å². The largest absolute Gasteiger partial charge is 0.454 e. The lowest BCUT2D eigenvalue weighted by molar-refractivity contribution is 0.0950. The Morgan fingerprint density at radius 2 is 1.96 bits per heavy atom. The molecule has 1 amide bonds. The molecule has 1 aliphatic heterocycles. The molecule has 0 spiro atoms. The van der Waals surface area contributed by atoms with E-state index >= 15 is 0 Å². The molecule has 0 aliphatic carbocycles. The molecule has 2 heterocycles. The summed E-state index contributed by atoms with van der Waals surface area (Å²) in [7, 11) is 0. The van der Waals surface area contributed by atoms with Crippen molar-refractivity contribution in [3.8, 4) is 11.5 Å². The van der Waals surface area contributed by atoms with Crippen LogP contribution < -0.4 is 14.8 Å². The fourth-order valence-corrected chi connectivity index (χ4v) is 2.58. The first-order valence-electron chi connectivity index (χ1n) is 7.89. The summed E-state index contributed by atoms with van der Waals surface area (Å²) in [5, 5.41) is 11.0. The molecule has 126 valence electrons. The van der Waals surface area contributed by atoms with Crippen molar-refractivity contribution in [2.45, 2.75) is 13.1 Å². The maximum Gasteiger partial charge on any atom is 0.251 e. The Hall–Kier alpha value is -3.35. The van der Waals surface area contributed by atoms with Gasteiger partial charge in [-0.2, -0.15) is 0 Å². The second-order valence-corrected chi connectivity index (χ2v) is 5.64. The van der Waals surface area contributed by atoms with Gasteiger partial charge in [0.05, 0.1) is 19.3 Å². The van der Waals surface area contributed by atoms with E-state index in [1.54, 1.807) is 22.9 Å². The second-order valence-electron chi connectivity index (χ2n) is 5.64. The summed E-state index contributed by atoms with van der Waals surface area (Å²) in [6, 6.07) is 15.1. The lowest BCUT2D eigenvalue weighted by Crippen LogP contribution is -2.22. The summed E-state index contributed by atoms with van der Waals surface area (Å²) in [6.07, 6.45) is 1.83. The van der Waals surface area contributed by atoms with E-state index in [1.807, 2.05) is 36.5 Å². The number of hydrogen-bond acceptors (Lipinski definition) is 5. The average Bonchev–Trinajstić information content (AvgIpc) is 3.29. The highest BCUT2D eigenvalue weighted by Gasteiger charge is 2.16. The molecular formula is C18H16N4O3. The van der Waals surface area contributed by atoms with E-state index in [2.05, 4.69) is 15.6 Å². The fourth-order valence-electron chi connectivity index (χ4n) is 2.58. The zero-order chi connectivity index (χ0) is 17.1. The zero-order valence-electron chi connectivity index (χ0n) is 13.4. The normalized spacial score (nSPS) is 12.2. The minimum atomic E-state index is -0.198. The van der Waals surface area contributed by atoms with E-state index in [1.165, 1.54) is 0 Å². The molecule has 3 aromatic rings. The van der Waals surface area contributed by atoms with Gasteiger partial charge in [0.25, 0.3) is 5.91 Å². The Labute approximate surface area is 144 Å². The second kappa shape index (κ2) is 6.64. The van der Waals surface area contributed by atoms with Crippen LogP contribution in [0.1, 0.15) is 21.6 Å². The lowest BCUT2D eigenvalue weighted by Gasteiger charge is -2.04. The Morgan fingerprint density at radius 3 is 2.84 bits per heavy atom. The molecule has 25 heavy (non-hydrogen) atoms. The average molecular weight is 336 g/mol. The van der Waals surface area contributed by atoms with Crippen LogP contribution in [0.2, 0.25) is 0 Å². The Balaban J connectivity index is 1.36. The number of fused-ring (bicyclic) bond motifs is 1. The van der Waals surface area contributed by atoms with Crippen LogP contribution in [0.15, 0.2) is 54.7 Å². The maximum absolute atomic E-state index is 12.3. The van der Waals surface area contributed by atoms with E-state index in [9.17, 15) is 4.79 Å². The Morgan fingerprint density at radius 1 is 1.12 bits per heavy atom. The van der Waals surface area contributed by atoms with Crippen LogP contribution in [0.5, 0.6) is 11.5 Å². The van der Waals surface area contributed by atoms with Crippen LogP contribution in [0.25, 0.3) is 0 Å². The van der Waals surface area contributed by atoms with Crippen LogP contribution in [-0.2, 0) is 13.1 Å². The molecule has 7 heteroatoms. The molecule has 7 nitrogen and oxygen atoms in total. The van der Waals surface area contributed by atoms with Crippen molar-refractivity contribution in [2.24, 2.45) is 0 Å². The molecule has 0 atom stereocenters. The molecule has 0 fully saturated rings. The van der Waals surface area contributed by atoms with E-state index in [4.69, 9.17) is 9.47 Å². The molecule has 4 rings (SSSR count). The fraction of sp³-hybridized carbons (Fsp3) is 0.167. The van der Waals surface area contributed by atoms with Crippen molar-refractivity contribution in [1.29, 1.82) is 0 Å². The maximum atomic E-state index is 12.3. The summed E-state index contributed by atoms with van der Waals surface area (Å²) in [6.45, 7) is 1.14. The predicted octanol–water partition coefficient (Wildman–Crippen LogP) is 1.99. The number of ether oxygens (including phenoxy) is 2. The van der Waals surface area contributed by atoms with Gasteiger partial charge in [-0.15, -0.1) is 5.10 Å². The lowest BCUT2D eigenvalue weighted by atomic mass is 10.2. The van der Waals surface area contributed by atoms with E-state index in [-0.39, 0.29) is 12.7 Å². The number of hydrogen-bond donors (Lipinski definition) is 1. The SMILES string of the molecule is O=C(NCc1cn(Cc2ccccc2)nn1)c1ccc2c(c1)OCO2. The molecule has 1 N–H and O–H groups in total. The van der Waals surface area contributed by atoms with E-state index in [0.717, 1.165) is 5.56 Å². The van der Waals surface area contributed by atoms with Gasteiger partial charge < -0.3 is 14.8 Å². The number of aromatic nitrogens is 3.